The summed E-state index contributed by atoms with van der Waals surface area (Å²) in [4.78, 5) is 55.1. The van der Waals surface area contributed by atoms with E-state index in [0.717, 1.165) is 17.5 Å². The predicted octanol–water partition coefficient (Wildman–Crippen LogP) is 3.31. The number of carbonyl (C=O) groups excluding carboxylic acids is 3. The molecule has 1 aliphatic carbocycles. The Kier molecular flexibility index (Phi) is 5.29. The lowest BCUT2D eigenvalue weighted by molar-refractivity contribution is -0.140. The van der Waals surface area contributed by atoms with Gasteiger partial charge in [0.25, 0.3) is 5.91 Å². The number of aromatic nitrogens is 4. The summed E-state index contributed by atoms with van der Waals surface area (Å²) < 4.78 is 7.47. The molecule has 11 heteroatoms. The van der Waals surface area contributed by atoms with Crippen LogP contribution in [0.25, 0.3) is 11.0 Å². The number of imidazole rings is 2. The second kappa shape index (κ2) is 8.32. The van der Waals surface area contributed by atoms with Gasteiger partial charge < -0.3 is 19.2 Å². The Labute approximate surface area is 214 Å². The Bertz CT molecular complexity index is 1370. The summed E-state index contributed by atoms with van der Waals surface area (Å²) in [6, 6.07) is 6.76. The van der Waals surface area contributed by atoms with Crippen molar-refractivity contribution in [3.63, 3.8) is 0 Å². The molecule has 2 aromatic heterocycles. The van der Waals surface area contributed by atoms with Gasteiger partial charge in [0.1, 0.15) is 23.2 Å². The number of H-pyrrole nitrogens is 1. The van der Waals surface area contributed by atoms with Crippen LogP contribution in [-0.2, 0) is 16.1 Å². The van der Waals surface area contributed by atoms with Crippen molar-refractivity contribution in [2.75, 3.05) is 11.9 Å². The molecule has 0 bridgehead atoms. The van der Waals surface area contributed by atoms with Gasteiger partial charge in [-0.05, 0) is 58.6 Å². The highest BCUT2D eigenvalue weighted by atomic mass is 16.6. The van der Waals surface area contributed by atoms with Gasteiger partial charge in [-0.3, -0.25) is 19.8 Å². The Balaban J connectivity index is 1.18. The molecule has 194 valence electrons. The van der Waals surface area contributed by atoms with Gasteiger partial charge in [0, 0.05) is 19.1 Å². The molecule has 1 saturated heterocycles. The molecule has 0 spiro atoms. The predicted molar refractivity (Wildman–Crippen MR) is 135 cm³/mol. The number of ether oxygens (including phenoxy) is 1. The first kappa shape index (κ1) is 23.5. The van der Waals surface area contributed by atoms with Crippen LogP contribution in [0.3, 0.4) is 0 Å². The number of hydrogen-bond acceptors (Lipinski definition) is 6. The third kappa shape index (κ3) is 4.11. The molecule has 11 nitrogen and oxygen atoms in total. The molecule has 1 aromatic carbocycles. The zero-order chi connectivity index (χ0) is 26.1. The number of hydrogen-bond donors (Lipinski definition) is 2. The zero-order valence-corrected chi connectivity index (χ0v) is 21.4. The van der Waals surface area contributed by atoms with E-state index in [1.165, 1.54) is 6.20 Å². The Morgan fingerprint density at radius 2 is 1.92 bits per heavy atom. The van der Waals surface area contributed by atoms with Crippen LogP contribution in [0.5, 0.6) is 0 Å². The summed E-state index contributed by atoms with van der Waals surface area (Å²) in [7, 11) is 0. The van der Waals surface area contributed by atoms with Crippen LogP contribution in [0.4, 0.5) is 10.7 Å². The SMILES string of the molecule is CC1c2ncc(C(=O)Nc3nc4ccccc4[nH]3)n2CCN1C(=O)[C@H]1CC2C[C@H]2N1C(=O)OC(C)(C)C. The topological polar surface area (TPSA) is 125 Å². The van der Waals surface area contributed by atoms with Gasteiger partial charge >= 0.3 is 6.09 Å². The molecule has 1 saturated carbocycles. The van der Waals surface area contributed by atoms with Gasteiger partial charge in [-0.2, -0.15) is 0 Å². The van der Waals surface area contributed by atoms with Crippen molar-refractivity contribution >= 4 is 34.9 Å². The molecule has 4 atom stereocenters. The number of para-hydroxylation sites is 2. The number of anilines is 1. The maximum atomic E-state index is 13.7. The number of aromatic amines is 1. The van der Waals surface area contributed by atoms with Gasteiger partial charge in [-0.25, -0.2) is 14.8 Å². The number of piperidine rings is 1. The van der Waals surface area contributed by atoms with Crippen molar-refractivity contribution in [1.82, 2.24) is 29.3 Å². The first-order valence-corrected chi connectivity index (χ1v) is 12.7. The molecule has 0 radical (unpaired) electrons. The Hall–Kier alpha value is -3.89. The third-order valence-corrected chi connectivity index (χ3v) is 7.42. The molecule has 2 fully saturated rings. The normalized spacial score (nSPS) is 24.5. The second-order valence-electron chi connectivity index (χ2n) is 11.1. The van der Waals surface area contributed by atoms with Gasteiger partial charge in [-0.1, -0.05) is 12.1 Å². The van der Waals surface area contributed by atoms with E-state index < -0.39 is 17.7 Å². The van der Waals surface area contributed by atoms with Crippen molar-refractivity contribution in [2.24, 2.45) is 5.92 Å². The number of likely N-dealkylation sites (tertiary alicyclic amines) is 1. The van der Waals surface area contributed by atoms with Crippen LogP contribution in [-0.4, -0.2) is 71.5 Å². The minimum atomic E-state index is -0.625. The fraction of sp³-hybridized carbons (Fsp3) is 0.500. The monoisotopic (exact) mass is 505 g/mol. The van der Waals surface area contributed by atoms with E-state index in [-0.39, 0.29) is 23.9 Å². The van der Waals surface area contributed by atoms with E-state index in [1.54, 1.807) is 9.80 Å². The average Bonchev–Trinajstić information content (AvgIpc) is 3.18. The molecular formula is C26H31N7O4. The van der Waals surface area contributed by atoms with Crippen LogP contribution in [0, 0.1) is 5.92 Å². The van der Waals surface area contributed by atoms with Crippen LogP contribution in [0.1, 0.15) is 62.9 Å². The maximum absolute atomic E-state index is 13.7. The largest absolute Gasteiger partial charge is 0.444 e. The summed E-state index contributed by atoms with van der Waals surface area (Å²) in [6.45, 7) is 8.25. The number of amides is 3. The first-order chi connectivity index (χ1) is 17.6. The van der Waals surface area contributed by atoms with Gasteiger partial charge in [0.15, 0.2) is 0 Å². The summed E-state index contributed by atoms with van der Waals surface area (Å²) >= 11 is 0. The van der Waals surface area contributed by atoms with E-state index in [9.17, 15) is 14.4 Å². The fourth-order valence-electron chi connectivity index (χ4n) is 5.61. The highest BCUT2D eigenvalue weighted by molar-refractivity contribution is 6.02. The maximum Gasteiger partial charge on any atom is 0.411 e. The third-order valence-electron chi connectivity index (χ3n) is 7.42. The molecule has 4 heterocycles. The van der Waals surface area contributed by atoms with Crippen molar-refractivity contribution in [3.05, 3.63) is 42.0 Å². The van der Waals surface area contributed by atoms with E-state index in [4.69, 9.17) is 4.74 Å². The van der Waals surface area contributed by atoms with Gasteiger partial charge in [0.2, 0.25) is 11.9 Å². The number of fused-ring (bicyclic) bond motifs is 3. The highest BCUT2D eigenvalue weighted by Crippen LogP contribution is 2.49. The Morgan fingerprint density at radius 1 is 1.14 bits per heavy atom. The minimum Gasteiger partial charge on any atom is -0.444 e. The molecular weight excluding hydrogens is 474 g/mol. The van der Waals surface area contributed by atoms with Gasteiger partial charge in [-0.15, -0.1) is 0 Å². The van der Waals surface area contributed by atoms with Crippen molar-refractivity contribution in [1.29, 1.82) is 0 Å². The van der Waals surface area contributed by atoms with Crippen LogP contribution in [0.15, 0.2) is 30.5 Å². The van der Waals surface area contributed by atoms with E-state index in [2.05, 4.69) is 20.3 Å². The molecule has 37 heavy (non-hydrogen) atoms. The van der Waals surface area contributed by atoms with Crippen molar-refractivity contribution in [3.8, 4) is 0 Å². The minimum absolute atomic E-state index is 0.0828. The number of benzene rings is 1. The lowest BCUT2D eigenvalue weighted by atomic mass is 10.1. The van der Waals surface area contributed by atoms with E-state index >= 15 is 0 Å². The number of nitrogens with zero attached hydrogens (tertiary/aromatic N) is 5. The summed E-state index contributed by atoms with van der Waals surface area (Å²) in [5.41, 5.74) is 1.38. The number of rotatable bonds is 3. The molecule has 3 amide bonds. The molecule has 2 N–H and O–H groups in total. The number of carbonyl (C=O) groups is 3. The van der Waals surface area contributed by atoms with Crippen LogP contribution < -0.4 is 5.32 Å². The average molecular weight is 506 g/mol. The molecule has 2 unspecified atom stereocenters. The van der Waals surface area contributed by atoms with Crippen LogP contribution in [0.2, 0.25) is 0 Å². The van der Waals surface area contributed by atoms with E-state index in [0.29, 0.717) is 42.9 Å². The molecule has 2 aliphatic heterocycles. The van der Waals surface area contributed by atoms with Crippen molar-refractivity contribution in [2.45, 2.75) is 70.8 Å². The molecule has 6 rings (SSSR count). The highest BCUT2D eigenvalue weighted by Gasteiger charge is 2.58. The lowest BCUT2D eigenvalue weighted by Gasteiger charge is -2.38. The molecule has 3 aliphatic rings. The summed E-state index contributed by atoms with van der Waals surface area (Å²) in [6.07, 6.45) is 2.69. The Morgan fingerprint density at radius 3 is 2.68 bits per heavy atom. The quantitative estimate of drug-likeness (QED) is 0.563. The summed E-state index contributed by atoms with van der Waals surface area (Å²) in [5.74, 6) is 0.952. The first-order valence-electron chi connectivity index (χ1n) is 12.7. The lowest BCUT2D eigenvalue weighted by Crippen LogP contribution is -2.53. The zero-order valence-electron chi connectivity index (χ0n) is 21.4. The molecule has 3 aromatic rings. The van der Waals surface area contributed by atoms with Gasteiger partial charge in [0.05, 0.1) is 23.3 Å². The van der Waals surface area contributed by atoms with E-state index in [1.807, 2.05) is 56.5 Å². The second-order valence-corrected chi connectivity index (χ2v) is 11.1. The number of nitrogens with one attached hydrogen (secondary N) is 2. The fourth-order valence-corrected chi connectivity index (χ4v) is 5.61. The smallest absolute Gasteiger partial charge is 0.411 e. The van der Waals surface area contributed by atoms with Crippen molar-refractivity contribution < 1.29 is 19.1 Å². The summed E-state index contributed by atoms with van der Waals surface area (Å²) in [5, 5.41) is 2.82. The van der Waals surface area contributed by atoms with Crippen LogP contribution >= 0.6 is 0 Å². The standard InChI is InChI=1S/C26H31N7O4/c1-14-21-27-13-20(22(34)30-24-28-16-7-5-6-8-17(16)29-24)32(21)10-9-31(14)23(35)19-12-15-11-18(15)33(19)25(36)37-26(2,3)4/h5-8,13-15,18-19H,9-12H2,1-4H3,(H2,28,29,30,34)/t14?,15?,18-,19-/m1/s1.